The molecule has 0 bridgehead atoms. The highest BCUT2D eigenvalue weighted by Gasteiger charge is 2.22. The van der Waals surface area contributed by atoms with E-state index in [1.54, 1.807) is 14.2 Å². The van der Waals surface area contributed by atoms with Crippen molar-refractivity contribution in [2.45, 2.75) is 26.2 Å². The van der Waals surface area contributed by atoms with Gasteiger partial charge in [0.05, 0.1) is 19.9 Å². The quantitative estimate of drug-likeness (QED) is 0.743. The number of rotatable bonds is 4. The molecule has 2 aromatic carbocycles. The topological polar surface area (TPSA) is 37.0 Å². The van der Waals surface area contributed by atoms with E-state index in [0.717, 1.165) is 54.2 Å². The SMILES string of the molecule is COc1ccc(N2CCN(C(=S)Nc3ccc(C(C)(C)C)cc3)CC2)c(OC)c1. The van der Waals surface area contributed by atoms with Crippen LogP contribution >= 0.6 is 12.2 Å². The molecule has 1 N–H and O–H groups in total. The molecule has 1 heterocycles. The van der Waals surface area contributed by atoms with Crippen molar-refractivity contribution >= 4 is 28.7 Å². The van der Waals surface area contributed by atoms with Crippen LogP contribution < -0.4 is 19.7 Å². The fourth-order valence-electron chi connectivity index (χ4n) is 3.45. The van der Waals surface area contributed by atoms with Gasteiger partial charge in [-0.2, -0.15) is 0 Å². The highest BCUT2D eigenvalue weighted by Crippen LogP contribution is 2.32. The number of thiocarbonyl (C=S) groups is 1. The van der Waals surface area contributed by atoms with E-state index in [1.807, 2.05) is 12.1 Å². The molecular weight excluding hydrogens is 382 g/mol. The van der Waals surface area contributed by atoms with E-state index in [-0.39, 0.29) is 5.41 Å². The van der Waals surface area contributed by atoms with E-state index in [4.69, 9.17) is 21.7 Å². The predicted molar refractivity (Wildman–Crippen MR) is 125 cm³/mol. The number of nitrogens with zero attached hydrogens (tertiary/aromatic N) is 2. The first-order valence-electron chi connectivity index (χ1n) is 9.95. The van der Waals surface area contributed by atoms with Crippen molar-refractivity contribution in [3.63, 3.8) is 0 Å². The first-order chi connectivity index (χ1) is 13.8. The molecule has 5 nitrogen and oxygen atoms in total. The number of methoxy groups -OCH3 is 2. The molecular formula is C23H31N3O2S. The van der Waals surface area contributed by atoms with Crippen molar-refractivity contribution in [1.82, 2.24) is 4.90 Å². The van der Waals surface area contributed by atoms with Crippen molar-refractivity contribution in [3.8, 4) is 11.5 Å². The first kappa shape index (κ1) is 21.2. The highest BCUT2D eigenvalue weighted by molar-refractivity contribution is 7.80. The van der Waals surface area contributed by atoms with Gasteiger partial charge in [-0.15, -0.1) is 0 Å². The van der Waals surface area contributed by atoms with Crippen molar-refractivity contribution in [1.29, 1.82) is 0 Å². The average Bonchev–Trinajstić information content (AvgIpc) is 2.73. The van der Waals surface area contributed by atoms with Gasteiger partial charge in [0.2, 0.25) is 0 Å². The lowest BCUT2D eigenvalue weighted by Crippen LogP contribution is -2.50. The van der Waals surface area contributed by atoms with Gasteiger partial charge in [-0.25, -0.2) is 0 Å². The maximum atomic E-state index is 5.65. The summed E-state index contributed by atoms with van der Waals surface area (Å²) in [6.07, 6.45) is 0. The molecule has 0 unspecified atom stereocenters. The van der Waals surface area contributed by atoms with Crippen LogP contribution in [0.25, 0.3) is 0 Å². The molecule has 1 aliphatic heterocycles. The fraction of sp³-hybridized carbons (Fsp3) is 0.435. The summed E-state index contributed by atoms with van der Waals surface area (Å²) >= 11 is 5.65. The zero-order valence-corrected chi connectivity index (χ0v) is 18.8. The van der Waals surface area contributed by atoms with Crippen LogP contribution in [0.2, 0.25) is 0 Å². The van der Waals surface area contributed by atoms with Gasteiger partial charge in [-0.05, 0) is 47.5 Å². The summed E-state index contributed by atoms with van der Waals surface area (Å²) < 4.78 is 10.9. The number of hydrogen-bond acceptors (Lipinski definition) is 4. The summed E-state index contributed by atoms with van der Waals surface area (Å²) in [5.41, 5.74) is 3.58. The molecule has 6 heteroatoms. The Morgan fingerprint density at radius 3 is 2.14 bits per heavy atom. The Labute approximate surface area is 179 Å². The molecule has 29 heavy (non-hydrogen) atoms. The second-order valence-corrected chi connectivity index (χ2v) is 8.66. The van der Waals surface area contributed by atoms with Gasteiger partial charge in [0, 0.05) is 37.9 Å². The third-order valence-corrected chi connectivity index (χ3v) is 5.66. The average molecular weight is 414 g/mol. The molecule has 0 saturated carbocycles. The van der Waals surface area contributed by atoms with E-state index in [1.165, 1.54) is 5.56 Å². The molecule has 1 saturated heterocycles. The number of anilines is 2. The van der Waals surface area contributed by atoms with E-state index < -0.39 is 0 Å². The third-order valence-electron chi connectivity index (χ3n) is 5.30. The molecule has 0 spiro atoms. The summed E-state index contributed by atoms with van der Waals surface area (Å²) in [6, 6.07) is 14.5. The minimum Gasteiger partial charge on any atom is -0.497 e. The first-order valence-corrected chi connectivity index (χ1v) is 10.4. The zero-order chi connectivity index (χ0) is 21.0. The van der Waals surface area contributed by atoms with Crippen LogP contribution in [0.1, 0.15) is 26.3 Å². The summed E-state index contributed by atoms with van der Waals surface area (Å²) in [7, 11) is 3.36. The van der Waals surface area contributed by atoms with Gasteiger partial charge >= 0.3 is 0 Å². The molecule has 0 radical (unpaired) electrons. The van der Waals surface area contributed by atoms with E-state index in [9.17, 15) is 0 Å². The second kappa shape index (κ2) is 8.91. The molecule has 1 aliphatic rings. The van der Waals surface area contributed by atoms with Crippen molar-refractivity contribution in [2.24, 2.45) is 0 Å². The molecule has 3 rings (SSSR count). The lowest BCUT2D eigenvalue weighted by atomic mass is 9.87. The van der Waals surface area contributed by atoms with Crippen LogP contribution in [0.5, 0.6) is 11.5 Å². The molecule has 0 atom stereocenters. The molecule has 156 valence electrons. The number of hydrogen-bond donors (Lipinski definition) is 1. The van der Waals surface area contributed by atoms with Crippen molar-refractivity contribution in [3.05, 3.63) is 48.0 Å². The number of piperazine rings is 1. The summed E-state index contributed by atoms with van der Waals surface area (Å²) in [4.78, 5) is 4.55. The maximum absolute atomic E-state index is 5.65. The standard InChI is InChI=1S/C23H31N3O2S/c1-23(2,3)17-6-8-18(9-7-17)24-22(29)26-14-12-25(13-15-26)20-11-10-19(27-4)16-21(20)28-5/h6-11,16H,12-15H2,1-5H3,(H,24,29). The van der Waals surface area contributed by atoms with E-state index in [2.05, 4.69) is 66.2 Å². The molecule has 0 amide bonds. The Morgan fingerprint density at radius 2 is 1.59 bits per heavy atom. The van der Waals surface area contributed by atoms with Crippen LogP contribution in [-0.4, -0.2) is 50.4 Å². The van der Waals surface area contributed by atoms with Crippen LogP contribution in [0.15, 0.2) is 42.5 Å². The van der Waals surface area contributed by atoms with Crippen LogP contribution in [-0.2, 0) is 5.41 Å². The molecule has 2 aromatic rings. The van der Waals surface area contributed by atoms with Crippen molar-refractivity contribution in [2.75, 3.05) is 50.6 Å². The Kier molecular flexibility index (Phi) is 6.52. The normalized spacial score (nSPS) is 14.5. The number of nitrogens with one attached hydrogen (secondary N) is 1. The van der Waals surface area contributed by atoms with Crippen LogP contribution in [0.3, 0.4) is 0 Å². The third kappa shape index (κ3) is 5.12. The van der Waals surface area contributed by atoms with Crippen LogP contribution in [0, 0.1) is 0 Å². The summed E-state index contributed by atoms with van der Waals surface area (Å²) in [6.45, 7) is 10.1. The lowest BCUT2D eigenvalue weighted by molar-refractivity contribution is 0.377. The Morgan fingerprint density at radius 1 is 0.931 bits per heavy atom. The second-order valence-electron chi connectivity index (χ2n) is 8.27. The van der Waals surface area contributed by atoms with E-state index in [0.29, 0.717) is 0 Å². The highest BCUT2D eigenvalue weighted by atomic mass is 32.1. The van der Waals surface area contributed by atoms with Crippen LogP contribution in [0.4, 0.5) is 11.4 Å². The Balaban J connectivity index is 1.58. The summed E-state index contributed by atoms with van der Waals surface area (Å²) in [5.74, 6) is 1.63. The monoisotopic (exact) mass is 413 g/mol. The number of ether oxygens (including phenoxy) is 2. The van der Waals surface area contributed by atoms with Gasteiger partial charge in [0.15, 0.2) is 5.11 Å². The smallest absolute Gasteiger partial charge is 0.173 e. The minimum absolute atomic E-state index is 0.151. The summed E-state index contributed by atoms with van der Waals surface area (Å²) in [5, 5.41) is 4.15. The van der Waals surface area contributed by atoms with E-state index >= 15 is 0 Å². The molecule has 1 fully saturated rings. The van der Waals surface area contributed by atoms with Gasteiger partial charge in [-0.1, -0.05) is 32.9 Å². The molecule has 0 aliphatic carbocycles. The largest absolute Gasteiger partial charge is 0.497 e. The van der Waals surface area contributed by atoms with Gasteiger partial charge in [0.1, 0.15) is 11.5 Å². The van der Waals surface area contributed by atoms with Gasteiger partial charge in [-0.3, -0.25) is 0 Å². The zero-order valence-electron chi connectivity index (χ0n) is 18.0. The lowest BCUT2D eigenvalue weighted by Gasteiger charge is -2.38. The van der Waals surface area contributed by atoms with Gasteiger partial charge < -0.3 is 24.6 Å². The van der Waals surface area contributed by atoms with Crippen molar-refractivity contribution < 1.29 is 9.47 Å². The van der Waals surface area contributed by atoms with Gasteiger partial charge in [0.25, 0.3) is 0 Å². The number of benzene rings is 2. The molecule has 0 aromatic heterocycles. The predicted octanol–water partition coefficient (Wildman–Crippen LogP) is 4.52. The minimum atomic E-state index is 0.151. The Hall–Kier alpha value is -2.47. The Bertz CT molecular complexity index is 838. The maximum Gasteiger partial charge on any atom is 0.173 e. The fourth-order valence-corrected chi connectivity index (χ4v) is 3.75.